The van der Waals surface area contributed by atoms with Crippen molar-refractivity contribution in [1.29, 1.82) is 0 Å². The van der Waals surface area contributed by atoms with Crippen molar-refractivity contribution in [2.45, 2.75) is 0 Å². The van der Waals surface area contributed by atoms with Gasteiger partial charge in [-0.15, -0.1) is 11.3 Å². The zero-order valence-corrected chi connectivity index (χ0v) is 10.9. The van der Waals surface area contributed by atoms with Crippen LogP contribution >= 0.6 is 11.3 Å². The van der Waals surface area contributed by atoms with Crippen LogP contribution in [-0.2, 0) is 0 Å². The van der Waals surface area contributed by atoms with Crippen molar-refractivity contribution in [1.82, 2.24) is 4.57 Å². The monoisotopic (exact) mass is 268 g/mol. The van der Waals surface area contributed by atoms with E-state index in [1.165, 1.54) is 11.3 Å². The van der Waals surface area contributed by atoms with Crippen molar-refractivity contribution in [3.8, 4) is 5.69 Å². The summed E-state index contributed by atoms with van der Waals surface area (Å²) in [6.07, 6.45) is 3.86. The summed E-state index contributed by atoms with van der Waals surface area (Å²) in [4.78, 5) is 13.0. The van der Waals surface area contributed by atoms with Crippen molar-refractivity contribution in [3.63, 3.8) is 0 Å². The molecule has 0 unspecified atom stereocenters. The van der Waals surface area contributed by atoms with E-state index in [1.54, 1.807) is 0 Å². The molecule has 1 aromatic carbocycles. The Hall–Kier alpha value is -2.33. The number of nitrogens with zero attached hydrogens (tertiary/aromatic N) is 1. The lowest BCUT2D eigenvalue weighted by molar-refractivity contribution is 0.103. The van der Waals surface area contributed by atoms with E-state index in [2.05, 4.69) is 5.32 Å². The number of nitrogens with one attached hydrogen (secondary N) is 1. The summed E-state index contributed by atoms with van der Waals surface area (Å²) >= 11 is 1.44. The van der Waals surface area contributed by atoms with Gasteiger partial charge < -0.3 is 9.88 Å². The summed E-state index contributed by atoms with van der Waals surface area (Å²) < 4.78 is 1.94. The van der Waals surface area contributed by atoms with Gasteiger partial charge in [0.2, 0.25) is 0 Å². The molecular weight excluding hydrogens is 256 g/mol. The number of hydrogen-bond donors (Lipinski definition) is 1. The van der Waals surface area contributed by atoms with Crippen LogP contribution in [0.2, 0.25) is 0 Å². The molecule has 0 atom stereocenters. The summed E-state index contributed by atoms with van der Waals surface area (Å²) in [6.45, 7) is 0. The molecule has 1 N–H and O–H groups in total. The predicted molar refractivity (Wildman–Crippen MR) is 78.0 cm³/mol. The molecule has 2 aromatic heterocycles. The molecule has 1 amide bonds. The quantitative estimate of drug-likeness (QED) is 0.770. The molecule has 0 saturated heterocycles. The highest BCUT2D eigenvalue weighted by Crippen LogP contribution is 2.22. The highest BCUT2D eigenvalue weighted by Gasteiger charge is 2.14. The first-order chi connectivity index (χ1) is 9.34. The number of amides is 1. The first-order valence-electron chi connectivity index (χ1n) is 5.92. The third-order valence-electron chi connectivity index (χ3n) is 2.76. The molecule has 0 aliphatic rings. The number of thiophene rings is 1. The molecule has 94 valence electrons. The van der Waals surface area contributed by atoms with Crippen LogP contribution in [-0.4, -0.2) is 10.5 Å². The van der Waals surface area contributed by atoms with Crippen LogP contribution in [0.15, 0.2) is 66.3 Å². The summed E-state index contributed by atoms with van der Waals surface area (Å²) in [5.74, 6) is -0.0788. The van der Waals surface area contributed by atoms with E-state index in [1.807, 2.05) is 70.9 Å². The van der Waals surface area contributed by atoms with Gasteiger partial charge in [0.05, 0.1) is 5.69 Å². The topological polar surface area (TPSA) is 34.0 Å². The Bertz CT molecular complexity index is 671. The van der Waals surface area contributed by atoms with Crippen LogP contribution in [0, 0.1) is 0 Å². The number of benzene rings is 1. The molecule has 0 aliphatic carbocycles. The van der Waals surface area contributed by atoms with Gasteiger partial charge in [-0.05, 0) is 35.7 Å². The van der Waals surface area contributed by atoms with Crippen LogP contribution in [0.5, 0.6) is 0 Å². The Balaban J connectivity index is 1.87. The van der Waals surface area contributed by atoms with Gasteiger partial charge in [-0.1, -0.05) is 18.2 Å². The van der Waals surface area contributed by atoms with E-state index in [0.717, 1.165) is 11.4 Å². The fourth-order valence-corrected chi connectivity index (χ4v) is 2.67. The lowest BCUT2D eigenvalue weighted by Gasteiger charge is -2.06. The predicted octanol–water partition coefficient (Wildman–Crippen LogP) is 3.79. The number of rotatable bonds is 3. The average Bonchev–Trinajstić information content (AvgIpc) is 3.10. The lowest BCUT2D eigenvalue weighted by Crippen LogP contribution is -2.12. The van der Waals surface area contributed by atoms with E-state index in [9.17, 15) is 4.79 Å². The number of para-hydroxylation sites is 1. The van der Waals surface area contributed by atoms with Crippen molar-refractivity contribution in [3.05, 3.63) is 71.2 Å². The first kappa shape index (κ1) is 11.7. The van der Waals surface area contributed by atoms with E-state index < -0.39 is 0 Å². The maximum absolute atomic E-state index is 12.3. The molecule has 0 radical (unpaired) electrons. The van der Waals surface area contributed by atoms with Crippen molar-refractivity contribution in [2.24, 2.45) is 0 Å². The van der Waals surface area contributed by atoms with Crippen molar-refractivity contribution in [2.75, 3.05) is 5.32 Å². The Morgan fingerprint density at radius 1 is 1.00 bits per heavy atom. The van der Waals surface area contributed by atoms with Gasteiger partial charge >= 0.3 is 0 Å². The number of anilines is 1. The van der Waals surface area contributed by atoms with Crippen LogP contribution in [0.3, 0.4) is 0 Å². The summed E-state index contributed by atoms with van der Waals surface area (Å²) in [5, 5.41) is 4.83. The molecular formula is C15H12N2OS. The molecule has 19 heavy (non-hydrogen) atoms. The number of carbonyl (C=O) groups excluding carboxylic acids is 1. The lowest BCUT2D eigenvalue weighted by atomic mass is 10.3. The fraction of sp³-hybridized carbons (Fsp3) is 0. The molecule has 0 fully saturated rings. The average molecular weight is 268 g/mol. The van der Waals surface area contributed by atoms with Gasteiger partial charge in [0.25, 0.3) is 5.91 Å². The van der Waals surface area contributed by atoms with Crippen LogP contribution in [0.4, 0.5) is 5.69 Å². The highest BCUT2D eigenvalue weighted by atomic mass is 32.1. The third kappa shape index (κ3) is 2.44. The Kier molecular flexibility index (Phi) is 3.16. The summed E-state index contributed by atoms with van der Waals surface area (Å²) in [6, 6.07) is 15.3. The van der Waals surface area contributed by atoms with Crippen LogP contribution in [0.1, 0.15) is 9.67 Å². The van der Waals surface area contributed by atoms with E-state index in [0.29, 0.717) is 4.88 Å². The first-order valence-corrected chi connectivity index (χ1v) is 6.80. The fourth-order valence-electron chi connectivity index (χ4n) is 1.88. The number of hydrogen-bond acceptors (Lipinski definition) is 2. The second-order valence-corrected chi connectivity index (χ2v) is 4.96. The van der Waals surface area contributed by atoms with Crippen molar-refractivity contribution < 1.29 is 4.79 Å². The van der Waals surface area contributed by atoms with Gasteiger partial charge in [-0.25, -0.2) is 0 Å². The second kappa shape index (κ2) is 5.12. The molecule has 4 heteroatoms. The van der Waals surface area contributed by atoms with Crippen LogP contribution in [0.25, 0.3) is 5.69 Å². The molecule has 3 nitrogen and oxygen atoms in total. The second-order valence-electron chi connectivity index (χ2n) is 4.05. The molecule has 2 heterocycles. The normalized spacial score (nSPS) is 10.3. The standard InChI is InChI=1S/C15H12N2OS/c18-15(16-12-6-2-1-3-7-12)14-13(8-11-19-14)17-9-4-5-10-17/h1-11H,(H,16,18). The molecule has 0 bridgehead atoms. The van der Waals surface area contributed by atoms with Crippen molar-refractivity contribution >= 4 is 22.9 Å². The maximum atomic E-state index is 12.3. The molecule has 3 aromatic rings. The Morgan fingerprint density at radius 3 is 2.47 bits per heavy atom. The largest absolute Gasteiger partial charge is 0.322 e. The highest BCUT2D eigenvalue weighted by molar-refractivity contribution is 7.12. The summed E-state index contributed by atoms with van der Waals surface area (Å²) in [5.41, 5.74) is 1.71. The maximum Gasteiger partial charge on any atom is 0.267 e. The zero-order valence-electron chi connectivity index (χ0n) is 10.1. The molecule has 0 saturated carbocycles. The van der Waals surface area contributed by atoms with E-state index in [-0.39, 0.29) is 5.91 Å². The Labute approximate surface area is 115 Å². The van der Waals surface area contributed by atoms with E-state index >= 15 is 0 Å². The SMILES string of the molecule is O=C(Nc1ccccc1)c1sccc1-n1cccc1. The Morgan fingerprint density at radius 2 is 1.74 bits per heavy atom. The van der Waals surface area contributed by atoms with Gasteiger partial charge in [-0.2, -0.15) is 0 Å². The molecule has 0 aliphatic heterocycles. The smallest absolute Gasteiger partial charge is 0.267 e. The summed E-state index contributed by atoms with van der Waals surface area (Å²) in [7, 11) is 0. The molecule has 3 rings (SSSR count). The minimum atomic E-state index is -0.0788. The van der Waals surface area contributed by atoms with Gasteiger partial charge in [0, 0.05) is 18.1 Å². The van der Waals surface area contributed by atoms with E-state index in [4.69, 9.17) is 0 Å². The zero-order chi connectivity index (χ0) is 13.1. The number of aromatic nitrogens is 1. The number of carbonyl (C=O) groups is 1. The minimum absolute atomic E-state index is 0.0788. The van der Waals surface area contributed by atoms with Crippen LogP contribution < -0.4 is 5.32 Å². The van der Waals surface area contributed by atoms with Gasteiger partial charge in [0.15, 0.2) is 0 Å². The molecule has 0 spiro atoms. The van der Waals surface area contributed by atoms with Gasteiger partial charge in [-0.3, -0.25) is 4.79 Å². The third-order valence-corrected chi connectivity index (χ3v) is 3.67. The van der Waals surface area contributed by atoms with Gasteiger partial charge in [0.1, 0.15) is 4.88 Å². The minimum Gasteiger partial charge on any atom is -0.322 e.